The Morgan fingerprint density at radius 3 is 2.48 bits per heavy atom. The standard InChI is InChI=1S/C12H17FN2O4S2/c13-10-2-1-9(8-14)12(7-10)21(18,19)15-11-3-5-20(16,17)6-4-11/h1-2,7,11,15H,3-6,8,14H2. The fraction of sp³-hybridized carbons (Fsp3) is 0.500. The van der Waals surface area contributed by atoms with Gasteiger partial charge in [0.15, 0.2) is 0 Å². The minimum atomic E-state index is -3.93. The number of rotatable bonds is 4. The number of halogens is 1. The molecule has 1 aromatic rings. The van der Waals surface area contributed by atoms with Crippen molar-refractivity contribution >= 4 is 19.9 Å². The molecule has 1 aliphatic rings. The van der Waals surface area contributed by atoms with Crippen LogP contribution in [0.2, 0.25) is 0 Å². The van der Waals surface area contributed by atoms with E-state index in [1.54, 1.807) is 0 Å². The van der Waals surface area contributed by atoms with Crippen LogP contribution >= 0.6 is 0 Å². The molecule has 0 bridgehead atoms. The van der Waals surface area contributed by atoms with Crippen LogP contribution in [-0.4, -0.2) is 34.4 Å². The Hall–Kier alpha value is -1.03. The zero-order valence-electron chi connectivity index (χ0n) is 11.2. The summed E-state index contributed by atoms with van der Waals surface area (Å²) in [6.07, 6.45) is 0.434. The molecule has 118 valence electrons. The molecule has 6 nitrogen and oxygen atoms in total. The smallest absolute Gasteiger partial charge is 0.241 e. The molecule has 0 unspecified atom stereocenters. The van der Waals surface area contributed by atoms with E-state index in [0.29, 0.717) is 5.56 Å². The number of sulfonamides is 1. The third kappa shape index (κ3) is 4.00. The van der Waals surface area contributed by atoms with Crippen molar-refractivity contribution in [2.75, 3.05) is 11.5 Å². The predicted octanol–water partition coefficient (Wildman–Crippen LogP) is 0.140. The highest BCUT2D eigenvalue weighted by molar-refractivity contribution is 7.91. The van der Waals surface area contributed by atoms with E-state index in [4.69, 9.17) is 5.73 Å². The summed E-state index contributed by atoms with van der Waals surface area (Å²) in [6.45, 7) is -0.0322. The van der Waals surface area contributed by atoms with Crippen LogP contribution < -0.4 is 10.5 Å². The van der Waals surface area contributed by atoms with Gasteiger partial charge in [0.25, 0.3) is 0 Å². The highest BCUT2D eigenvalue weighted by Gasteiger charge is 2.28. The van der Waals surface area contributed by atoms with Crippen molar-refractivity contribution in [2.45, 2.75) is 30.3 Å². The molecular weight excluding hydrogens is 319 g/mol. The maximum Gasteiger partial charge on any atom is 0.241 e. The second kappa shape index (κ2) is 5.99. The van der Waals surface area contributed by atoms with Crippen molar-refractivity contribution in [1.82, 2.24) is 4.72 Å². The zero-order valence-corrected chi connectivity index (χ0v) is 12.9. The van der Waals surface area contributed by atoms with Crippen molar-refractivity contribution in [1.29, 1.82) is 0 Å². The van der Waals surface area contributed by atoms with Crippen LogP contribution in [0.15, 0.2) is 23.1 Å². The van der Waals surface area contributed by atoms with Crippen LogP contribution in [-0.2, 0) is 26.4 Å². The predicted molar refractivity (Wildman–Crippen MR) is 76.3 cm³/mol. The van der Waals surface area contributed by atoms with Crippen LogP contribution in [0.4, 0.5) is 4.39 Å². The minimum absolute atomic E-state index is 0.0322. The molecule has 9 heteroatoms. The first-order valence-electron chi connectivity index (χ1n) is 6.45. The van der Waals surface area contributed by atoms with Crippen molar-refractivity contribution in [3.63, 3.8) is 0 Å². The highest BCUT2D eigenvalue weighted by atomic mass is 32.2. The maximum atomic E-state index is 13.3. The normalized spacial score (nSPS) is 19.5. The highest BCUT2D eigenvalue weighted by Crippen LogP contribution is 2.20. The molecule has 0 amide bonds. The molecule has 3 N–H and O–H groups in total. The summed E-state index contributed by atoms with van der Waals surface area (Å²) >= 11 is 0. The molecule has 1 fully saturated rings. The molecule has 21 heavy (non-hydrogen) atoms. The average Bonchev–Trinajstić information content (AvgIpc) is 2.41. The Labute approximate surface area is 123 Å². The van der Waals surface area contributed by atoms with Gasteiger partial charge in [0, 0.05) is 12.6 Å². The van der Waals surface area contributed by atoms with E-state index in [9.17, 15) is 21.2 Å². The van der Waals surface area contributed by atoms with E-state index in [-0.39, 0.29) is 35.8 Å². The fourth-order valence-corrected chi connectivity index (χ4v) is 5.30. The summed E-state index contributed by atoms with van der Waals surface area (Å²) < 4.78 is 63.0. The summed E-state index contributed by atoms with van der Waals surface area (Å²) in [4.78, 5) is -0.196. The summed E-state index contributed by atoms with van der Waals surface area (Å²) in [6, 6.07) is 2.93. The quantitative estimate of drug-likeness (QED) is 0.813. The first kappa shape index (κ1) is 16.3. The van der Waals surface area contributed by atoms with E-state index in [1.165, 1.54) is 6.07 Å². The van der Waals surface area contributed by atoms with Crippen molar-refractivity contribution in [3.8, 4) is 0 Å². The lowest BCUT2D eigenvalue weighted by atomic mass is 10.2. The second-order valence-corrected chi connectivity index (χ2v) is 8.99. The first-order chi connectivity index (χ1) is 9.73. The molecule has 0 aliphatic carbocycles. The number of hydrogen-bond acceptors (Lipinski definition) is 5. The third-order valence-electron chi connectivity index (χ3n) is 3.42. The Balaban J connectivity index is 2.21. The molecule has 0 spiro atoms. The van der Waals surface area contributed by atoms with E-state index < -0.39 is 31.7 Å². The van der Waals surface area contributed by atoms with Crippen LogP contribution in [0.1, 0.15) is 18.4 Å². The molecule has 1 aliphatic heterocycles. The van der Waals surface area contributed by atoms with E-state index in [0.717, 1.165) is 12.1 Å². The molecule has 0 saturated carbocycles. The molecule has 0 aromatic heterocycles. The van der Waals surface area contributed by atoms with Gasteiger partial charge in [0.05, 0.1) is 16.4 Å². The Kier molecular flexibility index (Phi) is 4.66. The summed E-state index contributed by atoms with van der Waals surface area (Å²) in [5.74, 6) is -0.765. The molecule has 2 rings (SSSR count). The third-order valence-corrected chi connectivity index (χ3v) is 6.73. The number of sulfone groups is 1. The second-order valence-electron chi connectivity index (χ2n) is 5.00. The van der Waals surface area contributed by atoms with E-state index in [1.807, 2.05) is 0 Å². The van der Waals surface area contributed by atoms with Gasteiger partial charge < -0.3 is 5.73 Å². The lowest BCUT2D eigenvalue weighted by Gasteiger charge is -2.23. The lowest BCUT2D eigenvalue weighted by Crippen LogP contribution is -2.41. The number of benzene rings is 1. The monoisotopic (exact) mass is 336 g/mol. The topological polar surface area (TPSA) is 106 Å². The summed E-state index contributed by atoms with van der Waals surface area (Å²) in [5.41, 5.74) is 5.78. The summed E-state index contributed by atoms with van der Waals surface area (Å²) in [5, 5.41) is 0. The van der Waals surface area contributed by atoms with Gasteiger partial charge in [-0.1, -0.05) is 6.07 Å². The number of nitrogens with one attached hydrogen (secondary N) is 1. The Bertz CT molecular complexity index is 718. The van der Waals surface area contributed by atoms with Gasteiger partial charge in [-0.05, 0) is 30.5 Å². The van der Waals surface area contributed by atoms with E-state index >= 15 is 0 Å². The zero-order chi connectivity index (χ0) is 15.7. The van der Waals surface area contributed by atoms with Gasteiger partial charge in [0.1, 0.15) is 15.7 Å². The van der Waals surface area contributed by atoms with Crippen molar-refractivity contribution in [2.24, 2.45) is 5.73 Å². The average molecular weight is 336 g/mol. The van der Waals surface area contributed by atoms with Gasteiger partial charge >= 0.3 is 0 Å². The summed E-state index contributed by atoms with van der Waals surface area (Å²) in [7, 11) is -7.00. The molecular formula is C12H17FN2O4S2. The first-order valence-corrected chi connectivity index (χ1v) is 9.75. The van der Waals surface area contributed by atoms with E-state index in [2.05, 4.69) is 4.72 Å². The van der Waals surface area contributed by atoms with Gasteiger partial charge in [0.2, 0.25) is 10.0 Å². The number of hydrogen-bond donors (Lipinski definition) is 2. The Morgan fingerprint density at radius 2 is 1.90 bits per heavy atom. The molecule has 0 atom stereocenters. The van der Waals surface area contributed by atoms with Gasteiger partial charge in [-0.15, -0.1) is 0 Å². The van der Waals surface area contributed by atoms with Crippen LogP contribution in [0, 0.1) is 5.82 Å². The minimum Gasteiger partial charge on any atom is -0.326 e. The van der Waals surface area contributed by atoms with Crippen LogP contribution in [0.25, 0.3) is 0 Å². The lowest BCUT2D eigenvalue weighted by molar-refractivity contribution is 0.504. The van der Waals surface area contributed by atoms with Gasteiger partial charge in [-0.2, -0.15) is 0 Å². The SMILES string of the molecule is NCc1ccc(F)cc1S(=O)(=O)NC1CCS(=O)(=O)CC1. The maximum absolute atomic E-state index is 13.3. The molecule has 1 heterocycles. The Morgan fingerprint density at radius 1 is 1.29 bits per heavy atom. The van der Waals surface area contributed by atoms with Gasteiger partial charge in [-0.25, -0.2) is 25.9 Å². The molecule has 1 aromatic carbocycles. The van der Waals surface area contributed by atoms with Gasteiger partial charge in [-0.3, -0.25) is 0 Å². The van der Waals surface area contributed by atoms with Crippen LogP contribution in [0.3, 0.4) is 0 Å². The fourth-order valence-electron chi connectivity index (χ4n) is 2.24. The van der Waals surface area contributed by atoms with Crippen molar-refractivity contribution in [3.05, 3.63) is 29.6 Å². The van der Waals surface area contributed by atoms with Crippen LogP contribution in [0.5, 0.6) is 0 Å². The van der Waals surface area contributed by atoms with Crippen molar-refractivity contribution < 1.29 is 21.2 Å². The number of nitrogens with two attached hydrogens (primary N) is 1. The molecule has 1 saturated heterocycles. The molecule has 0 radical (unpaired) electrons. The largest absolute Gasteiger partial charge is 0.326 e.